The molecular weight excluding hydrogens is 548 g/mol. The first kappa shape index (κ1) is 28.0. The smallest absolute Gasteiger partial charge is 0.367 e. The molecule has 0 aliphatic heterocycles. The highest BCUT2D eigenvalue weighted by Crippen LogP contribution is 2.37. The van der Waals surface area contributed by atoms with Crippen molar-refractivity contribution in [1.29, 1.82) is 5.26 Å². The molecule has 16 heteroatoms. The zero-order valence-corrected chi connectivity index (χ0v) is 20.7. The minimum Gasteiger partial charge on any atom is -0.367 e. The van der Waals surface area contributed by atoms with Gasteiger partial charge in [0.1, 0.15) is 16.8 Å². The fourth-order valence-electron chi connectivity index (χ4n) is 3.70. The second-order valence-electron chi connectivity index (χ2n) is 8.64. The lowest BCUT2D eigenvalue weighted by atomic mass is 10.0. The Labute approximate surface area is 217 Å². The lowest BCUT2D eigenvalue weighted by Gasteiger charge is -2.26. The van der Waals surface area contributed by atoms with Gasteiger partial charge in [-0.25, -0.2) is 22.8 Å². The first-order valence-electron chi connectivity index (χ1n) is 10.8. The van der Waals surface area contributed by atoms with E-state index in [1.807, 2.05) is 6.07 Å². The van der Waals surface area contributed by atoms with Crippen LogP contribution in [0.2, 0.25) is 0 Å². The molecule has 4 N–H and O–H groups in total. The molecule has 1 unspecified atom stereocenters. The van der Waals surface area contributed by atoms with E-state index in [4.69, 9.17) is 0 Å². The summed E-state index contributed by atoms with van der Waals surface area (Å²) in [5.74, 6) is -3.69. The maximum absolute atomic E-state index is 14.8. The van der Waals surface area contributed by atoms with Crippen LogP contribution in [0.3, 0.4) is 0 Å². The van der Waals surface area contributed by atoms with Crippen LogP contribution >= 0.6 is 0 Å². The average molecular weight is 566 g/mol. The molecule has 3 heterocycles. The van der Waals surface area contributed by atoms with Gasteiger partial charge < -0.3 is 15.3 Å². The van der Waals surface area contributed by atoms with Crippen molar-refractivity contribution in [1.82, 2.24) is 24.2 Å². The molecule has 0 amide bonds. The Hall–Kier alpha value is -4.01. The van der Waals surface area contributed by atoms with Crippen molar-refractivity contribution in [2.45, 2.75) is 36.4 Å². The SMILES string of the molecule is CC(O)(O)c1cc2c(cc1F)c(C#N)c(-c1ccc(S(=O)(=O)NC(C)(O)C(F)(F)F)cn1)n2-c1ncccn1. The van der Waals surface area contributed by atoms with Gasteiger partial charge in [0, 0.05) is 29.5 Å². The number of hydrogen-bond acceptors (Lipinski definition) is 9. The first-order valence-corrected chi connectivity index (χ1v) is 12.3. The van der Waals surface area contributed by atoms with Crippen LogP contribution in [0.5, 0.6) is 0 Å². The Morgan fingerprint density at radius 2 is 1.69 bits per heavy atom. The number of aromatic nitrogens is 4. The maximum Gasteiger partial charge on any atom is 0.431 e. The third kappa shape index (κ3) is 5.05. The number of nitriles is 1. The van der Waals surface area contributed by atoms with Gasteiger partial charge in [0.15, 0.2) is 5.79 Å². The summed E-state index contributed by atoms with van der Waals surface area (Å²) in [6.45, 7) is 1.15. The van der Waals surface area contributed by atoms with E-state index in [-0.39, 0.29) is 40.7 Å². The lowest BCUT2D eigenvalue weighted by molar-refractivity contribution is -0.257. The summed E-state index contributed by atoms with van der Waals surface area (Å²) in [5.41, 5.74) is -4.54. The molecule has 0 saturated carbocycles. The summed E-state index contributed by atoms with van der Waals surface area (Å²) < 4.78 is 81.2. The molecule has 0 spiro atoms. The number of hydrogen-bond donors (Lipinski definition) is 4. The summed E-state index contributed by atoms with van der Waals surface area (Å²) in [4.78, 5) is 11.5. The van der Waals surface area contributed by atoms with Gasteiger partial charge in [-0.15, -0.1) is 0 Å². The highest BCUT2D eigenvalue weighted by atomic mass is 32.2. The number of nitrogens with one attached hydrogen (secondary N) is 1. The van der Waals surface area contributed by atoms with Gasteiger partial charge >= 0.3 is 6.18 Å². The molecule has 1 atom stereocenters. The van der Waals surface area contributed by atoms with Gasteiger partial charge in [0.05, 0.1) is 22.5 Å². The van der Waals surface area contributed by atoms with E-state index in [0.717, 1.165) is 35.9 Å². The van der Waals surface area contributed by atoms with E-state index in [1.54, 1.807) is 0 Å². The summed E-state index contributed by atoms with van der Waals surface area (Å²) in [6.07, 6.45) is -1.90. The van der Waals surface area contributed by atoms with Gasteiger partial charge in [0.25, 0.3) is 0 Å². The van der Waals surface area contributed by atoms with Crippen LogP contribution < -0.4 is 4.72 Å². The number of sulfonamides is 1. The molecule has 4 aromatic rings. The molecule has 0 saturated heterocycles. The zero-order valence-electron chi connectivity index (χ0n) is 19.9. The molecule has 0 bridgehead atoms. The quantitative estimate of drug-likeness (QED) is 0.201. The Morgan fingerprint density at radius 1 is 1.05 bits per heavy atom. The Kier molecular flexibility index (Phi) is 6.70. The monoisotopic (exact) mass is 566 g/mol. The van der Waals surface area contributed by atoms with Gasteiger partial charge in [-0.3, -0.25) is 9.55 Å². The number of fused-ring (bicyclic) bond motifs is 1. The fraction of sp³-hybridized carbons (Fsp3) is 0.217. The van der Waals surface area contributed by atoms with Crippen LogP contribution in [0.1, 0.15) is 25.0 Å². The number of benzene rings is 1. The van der Waals surface area contributed by atoms with E-state index in [9.17, 15) is 46.6 Å². The Balaban J connectivity index is 1.95. The highest BCUT2D eigenvalue weighted by molar-refractivity contribution is 7.89. The highest BCUT2D eigenvalue weighted by Gasteiger charge is 2.52. The number of halogens is 4. The molecule has 39 heavy (non-hydrogen) atoms. The van der Waals surface area contributed by atoms with Crippen molar-refractivity contribution >= 4 is 20.9 Å². The molecule has 0 fully saturated rings. The fourth-order valence-corrected chi connectivity index (χ4v) is 4.89. The standard InChI is InChI=1S/C23H18F4N6O5S/c1-21(34,35)15-9-18-13(8-16(15)24)14(10-28)19(33(18)20-29-6-3-7-30-20)17-5-4-12(11-31-17)39(37,38)32-22(2,36)23(25,26)27/h3-9,11,32,34-36H,1-2H3. The van der Waals surface area contributed by atoms with Gasteiger partial charge in [-0.2, -0.15) is 23.2 Å². The van der Waals surface area contributed by atoms with Crippen LogP contribution in [0.15, 0.2) is 53.8 Å². The largest absolute Gasteiger partial charge is 0.431 e. The lowest BCUT2D eigenvalue weighted by Crippen LogP contribution is -2.56. The molecule has 11 nitrogen and oxygen atoms in total. The van der Waals surface area contributed by atoms with Crippen molar-refractivity contribution in [3.8, 4) is 23.4 Å². The molecule has 3 aromatic heterocycles. The van der Waals surface area contributed by atoms with E-state index in [1.165, 1.54) is 23.0 Å². The second kappa shape index (κ2) is 9.32. The van der Waals surface area contributed by atoms with Crippen LogP contribution in [-0.4, -0.2) is 55.2 Å². The number of rotatable bonds is 6. The molecule has 0 aliphatic rings. The van der Waals surface area contributed by atoms with Crippen LogP contribution in [0.25, 0.3) is 28.2 Å². The van der Waals surface area contributed by atoms with Gasteiger partial charge in [-0.1, -0.05) is 0 Å². The predicted octanol–water partition coefficient (Wildman–Crippen LogP) is 2.20. The third-order valence-electron chi connectivity index (χ3n) is 5.60. The summed E-state index contributed by atoms with van der Waals surface area (Å²) >= 11 is 0. The average Bonchev–Trinajstić information content (AvgIpc) is 3.15. The Bertz CT molecular complexity index is 1710. The molecule has 4 rings (SSSR count). The van der Waals surface area contributed by atoms with E-state index in [0.29, 0.717) is 6.20 Å². The topological polar surface area (TPSA) is 174 Å². The molecule has 1 aromatic carbocycles. The second-order valence-corrected chi connectivity index (χ2v) is 10.3. The third-order valence-corrected chi connectivity index (χ3v) is 7.13. The number of aliphatic hydroxyl groups is 3. The predicted molar refractivity (Wildman–Crippen MR) is 126 cm³/mol. The van der Waals surface area contributed by atoms with Crippen LogP contribution in [-0.2, 0) is 15.8 Å². The number of alkyl halides is 3. The van der Waals surface area contributed by atoms with Crippen molar-refractivity contribution in [3.63, 3.8) is 0 Å². The van der Waals surface area contributed by atoms with Crippen LogP contribution in [0.4, 0.5) is 17.6 Å². The molecule has 0 aliphatic carbocycles. The van der Waals surface area contributed by atoms with Crippen molar-refractivity contribution in [2.24, 2.45) is 0 Å². The number of nitrogens with zero attached hydrogens (tertiary/aromatic N) is 5. The van der Waals surface area contributed by atoms with E-state index < -0.39 is 44.0 Å². The maximum atomic E-state index is 14.8. The zero-order chi connectivity index (χ0) is 29.0. The Morgan fingerprint density at radius 3 is 2.21 bits per heavy atom. The molecule has 0 radical (unpaired) electrons. The minimum absolute atomic E-state index is 0.00634. The summed E-state index contributed by atoms with van der Waals surface area (Å²) in [5, 5.41) is 39.5. The summed E-state index contributed by atoms with van der Waals surface area (Å²) in [7, 11) is -4.91. The van der Waals surface area contributed by atoms with E-state index in [2.05, 4.69) is 15.0 Å². The normalized spacial score (nSPS) is 14.3. The van der Waals surface area contributed by atoms with E-state index >= 15 is 0 Å². The molecule has 204 valence electrons. The van der Waals surface area contributed by atoms with Crippen molar-refractivity contribution in [2.75, 3.05) is 0 Å². The molecular formula is C23H18F4N6O5S. The van der Waals surface area contributed by atoms with Crippen molar-refractivity contribution in [3.05, 3.63) is 65.9 Å². The minimum atomic E-state index is -5.32. The van der Waals surface area contributed by atoms with Crippen molar-refractivity contribution < 1.29 is 41.3 Å². The number of pyridine rings is 1. The first-order chi connectivity index (χ1) is 18.0. The summed E-state index contributed by atoms with van der Waals surface area (Å²) in [6, 6.07) is 7.34. The van der Waals surface area contributed by atoms with Gasteiger partial charge in [0.2, 0.25) is 21.7 Å². The van der Waals surface area contributed by atoms with Gasteiger partial charge in [-0.05, 0) is 44.2 Å². The van der Waals surface area contributed by atoms with Crippen LogP contribution in [0, 0.1) is 17.1 Å².